The van der Waals surface area contributed by atoms with Crippen LogP contribution in [0.3, 0.4) is 0 Å². The van der Waals surface area contributed by atoms with Crippen molar-refractivity contribution in [2.24, 2.45) is 5.73 Å². The van der Waals surface area contributed by atoms with Gasteiger partial charge >= 0.3 is 0 Å². The third kappa shape index (κ3) is 1.62. The molecule has 0 radical (unpaired) electrons. The Balaban J connectivity index is 2.17. The summed E-state index contributed by atoms with van der Waals surface area (Å²) in [6, 6.07) is 3.89. The molecule has 0 amide bonds. The highest BCUT2D eigenvalue weighted by Crippen LogP contribution is 2.17. The Morgan fingerprint density at radius 1 is 1.46 bits per heavy atom. The van der Waals surface area contributed by atoms with E-state index in [2.05, 4.69) is 9.88 Å². The summed E-state index contributed by atoms with van der Waals surface area (Å²) in [5.41, 5.74) is 6.30. The minimum Gasteiger partial charge on any atom is -0.389 e. The fourth-order valence-corrected chi connectivity index (χ4v) is 1.38. The number of pyridine rings is 1. The minimum absolute atomic E-state index is 0.405. The highest BCUT2D eigenvalue weighted by molar-refractivity contribution is 7.80. The molecule has 1 aromatic heterocycles. The lowest BCUT2D eigenvalue weighted by Crippen LogP contribution is -2.37. The summed E-state index contributed by atoms with van der Waals surface area (Å²) in [7, 11) is 0. The number of anilines is 1. The molecule has 1 fully saturated rings. The van der Waals surface area contributed by atoms with Gasteiger partial charge in [0.1, 0.15) is 10.8 Å². The quantitative estimate of drug-likeness (QED) is 0.709. The standard InChI is InChI=1S/C9H11N3S/c10-9(13)7-2-3-8(11-6-7)12-4-1-5-12/h2-3,6H,1,4-5H2,(H2,10,13). The van der Waals surface area contributed by atoms with E-state index >= 15 is 0 Å². The Bertz CT molecular complexity index is 316. The van der Waals surface area contributed by atoms with Crippen LogP contribution in [0.4, 0.5) is 5.82 Å². The van der Waals surface area contributed by atoms with Crippen molar-refractivity contribution >= 4 is 23.0 Å². The fraction of sp³-hybridized carbons (Fsp3) is 0.333. The summed E-state index contributed by atoms with van der Waals surface area (Å²) in [6.45, 7) is 2.22. The van der Waals surface area contributed by atoms with Crippen LogP contribution in [0.2, 0.25) is 0 Å². The maximum absolute atomic E-state index is 5.46. The van der Waals surface area contributed by atoms with Crippen LogP contribution in [-0.2, 0) is 0 Å². The number of nitrogens with zero attached hydrogens (tertiary/aromatic N) is 2. The van der Waals surface area contributed by atoms with Crippen molar-refractivity contribution in [2.75, 3.05) is 18.0 Å². The van der Waals surface area contributed by atoms with E-state index in [1.165, 1.54) is 6.42 Å². The molecule has 1 aromatic rings. The Kier molecular flexibility index (Phi) is 2.14. The zero-order valence-corrected chi connectivity index (χ0v) is 8.05. The smallest absolute Gasteiger partial charge is 0.128 e. The predicted molar refractivity (Wildman–Crippen MR) is 57.0 cm³/mol. The number of rotatable bonds is 2. The topological polar surface area (TPSA) is 42.1 Å². The summed E-state index contributed by atoms with van der Waals surface area (Å²) < 4.78 is 0. The number of nitrogens with two attached hydrogens (primary N) is 1. The van der Waals surface area contributed by atoms with Crippen molar-refractivity contribution < 1.29 is 0 Å². The first-order valence-electron chi connectivity index (χ1n) is 4.28. The van der Waals surface area contributed by atoms with Gasteiger partial charge in [0.25, 0.3) is 0 Å². The average molecular weight is 193 g/mol. The normalized spacial score (nSPS) is 15.2. The predicted octanol–water partition coefficient (Wildman–Crippen LogP) is 0.926. The van der Waals surface area contributed by atoms with Gasteiger partial charge < -0.3 is 10.6 Å². The molecule has 2 rings (SSSR count). The van der Waals surface area contributed by atoms with Crippen molar-refractivity contribution in [1.29, 1.82) is 0 Å². The van der Waals surface area contributed by atoms with Crippen molar-refractivity contribution in [1.82, 2.24) is 4.98 Å². The second kappa shape index (κ2) is 3.30. The number of hydrogen-bond donors (Lipinski definition) is 1. The fourth-order valence-electron chi connectivity index (χ4n) is 1.26. The highest BCUT2D eigenvalue weighted by atomic mass is 32.1. The van der Waals surface area contributed by atoms with Crippen LogP contribution in [0.25, 0.3) is 0 Å². The van der Waals surface area contributed by atoms with E-state index in [-0.39, 0.29) is 0 Å². The average Bonchev–Trinajstić information content (AvgIpc) is 2.02. The first-order chi connectivity index (χ1) is 6.27. The lowest BCUT2D eigenvalue weighted by Gasteiger charge is -2.31. The van der Waals surface area contributed by atoms with E-state index in [1.807, 2.05) is 12.1 Å². The van der Waals surface area contributed by atoms with E-state index in [1.54, 1.807) is 6.20 Å². The second-order valence-corrected chi connectivity index (χ2v) is 3.55. The number of aromatic nitrogens is 1. The number of thiocarbonyl (C=S) groups is 1. The lowest BCUT2D eigenvalue weighted by molar-refractivity contribution is 0.610. The summed E-state index contributed by atoms with van der Waals surface area (Å²) >= 11 is 4.84. The van der Waals surface area contributed by atoms with Gasteiger partial charge in [-0.2, -0.15) is 0 Å². The molecule has 0 spiro atoms. The lowest BCUT2D eigenvalue weighted by atomic mass is 10.2. The van der Waals surface area contributed by atoms with E-state index in [0.717, 1.165) is 24.5 Å². The van der Waals surface area contributed by atoms with Crippen LogP contribution in [0, 0.1) is 0 Å². The van der Waals surface area contributed by atoms with Crippen molar-refractivity contribution in [3.8, 4) is 0 Å². The third-order valence-electron chi connectivity index (χ3n) is 2.21. The molecule has 0 bridgehead atoms. The van der Waals surface area contributed by atoms with E-state index in [9.17, 15) is 0 Å². The Hall–Kier alpha value is -1.16. The van der Waals surface area contributed by atoms with Gasteiger partial charge in [-0.05, 0) is 18.6 Å². The Morgan fingerprint density at radius 2 is 2.23 bits per heavy atom. The van der Waals surface area contributed by atoms with Gasteiger partial charge in [0.05, 0.1) is 0 Å². The SMILES string of the molecule is NC(=S)c1ccc(N2CCC2)nc1. The molecule has 68 valence electrons. The van der Waals surface area contributed by atoms with Crippen LogP contribution >= 0.6 is 12.2 Å². The Morgan fingerprint density at radius 3 is 2.62 bits per heavy atom. The molecule has 0 atom stereocenters. The van der Waals surface area contributed by atoms with Gasteiger partial charge in [0.15, 0.2) is 0 Å². The van der Waals surface area contributed by atoms with Gasteiger partial charge in [-0.25, -0.2) is 4.98 Å². The maximum atomic E-state index is 5.46. The first-order valence-corrected chi connectivity index (χ1v) is 4.69. The van der Waals surface area contributed by atoms with E-state index in [4.69, 9.17) is 18.0 Å². The van der Waals surface area contributed by atoms with Gasteiger partial charge in [0, 0.05) is 24.8 Å². The molecule has 4 heteroatoms. The summed E-state index contributed by atoms with van der Waals surface area (Å²) in [5, 5.41) is 0. The molecule has 13 heavy (non-hydrogen) atoms. The first kappa shape index (κ1) is 8.44. The van der Waals surface area contributed by atoms with Crippen LogP contribution in [0.5, 0.6) is 0 Å². The summed E-state index contributed by atoms with van der Waals surface area (Å²) in [5.74, 6) is 1.02. The molecule has 2 N–H and O–H groups in total. The van der Waals surface area contributed by atoms with Gasteiger partial charge in [0.2, 0.25) is 0 Å². The zero-order chi connectivity index (χ0) is 9.26. The van der Waals surface area contributed by atoms with E-state index in [0.29, 0.717) is 4.99 Å². The minimum atomic E-state index is 0.405. The van der Waals surface area contributed by atoms with E-state index < -0.39 is 0 Å². The number of hydrogen-bond acceptors (Lipinski definition) is 3. The molecule has 0 saturated carbocycles. The summed E-state index contributed by atoms with van der Waals surface area (Å²) in [6.07, 6.45) is 2.99. The molecule has 0 unspecified atom stereocenters. The molecule has 1 aliphatic heterocycles. The summed E-state index contributed by atoms with van der Waals surface area (Å²) in [4.78, 5) is 6.91. The molecule has 1 aliphatic rings. The van der Waals surface area contributed by atoms with Crippen LogP contribution in [0.15, 0.2) is 18.3 Å². The van der Waals surface area contributed by atoms with Crippen molar-refractivity contribution in [3.05, 3.63) is 23.9 Å². The third-order valence-corrected chi connectivity index (χ3v) is 2.45. The zero-order valence-electron chi connectivity index (χ0n) is 7.23. The molecule has 0 aliphatic carbocycles. The molecular weight excluding hydrogens is 182 g/mol. The highest BCUT2D eigenvalue weighted by Gasteiger charge is 2.14. The van der Waals surface area contributed by atoms with Gasteiger partial charge in [-0.15, -0.1) is 0 Å². The van der Waals surface area contributed by atoms with Gasteiger partial charge in [-0.3, -0.25) is 0 Å². The largest absolute Gasteiger partial charge is 0.389 e. The Labute approximate surface area is 82.6 Å². The van der Waals surface area contributed by atoms with Crippen molar-refractivity contribution in [3.63, 3.8) is 0 Å². The molecular formula is C9H11N3S. The molecule has 1 saturated heterocycles. The van der Waals surface area contributed by atoms with Crippen LogP contribution < -0.4 is 10.6 Å². The maximum Gasteiger partial charge on any atom is 0.128 e. The van der Waals surface area contributed by atoms with Crippen LogP contribution in [0.1, 0.15) is 12.0 Å². The van der Waals surface area contributed by atoms with Crippen molar-refractivity contribution in [2.45, 2.75) is 6.42 Å². The molecule has 2 heterocycles. The molecule has 3 nitrogen and oxygen atoms in total. The van der Waals surface area contributed by atoms with Crippen LogP contribution in [-0.4, -0.2) is 23.1 Å². The molecule has 0 aromatic carbocycles. The monoisotopic (exact) mass is 193 g/mol. The van der Waals surface area contributed by atoms with Gasteiger partial charge in [-0.1, -0.05) is 12.2 Å². The second-order valence-electron chi connectivity index (χ2n) is 3.11.